The molecule has 1 unspecified atom stereocenters. The molecule has 4 aliphatic carbocycles. The van der Waals surface area contributed by atoms with Crippen LogP contribution < -0.4 is 25.0 Å². The van der Waals surface area contributed by atoms with Gasteiger partial charge in [0.05, 0.1) is 10.3 Å². The fraction of sp³-hybridized carbons (Fsp3) is 0.667. The molecule has 0 spiro atoms. The first-order chi connectivity index (χ1) is 16.1. The molecule has 4 saturated carbocycles. The van der Waals surface area contributed by atoms with E-state index >= 15 is 0 Å². The summed E-state index contributed by atoms with van der Waals surface area (Å²) in [6, 6.07) is 3.29. The predicted octanol–water partition coefficient (Wildman–Crippen LogP) is 2.12. The number of carbonyl (C=O) groups excluding carboxylic acids is 2. The van der Waals surface area contributed by atoms with Crippen molar-refractivity contribution in [2.24, 2.45) is 29.1 Å². The van der Waals surface area contributed by atoms with E-state index in [4.69, 9.17) is 9.47 Å². The van der Waals surface area contributed by atoms with Crippen LogP contribution in [0.15, 0.2) is 23.1 Å². The quantitative estimate of drug-likeness (QED) is 0.524. The van der Waals surface area contributed by atoms with Crippen molar-refractivity contribution in [2.45, 2.75) is 63.3 Å². The molecule has 10 heteroatoms. The first-order valence-electron chi connectivity index (χ1n) is 12.2. The van der Waals surface area contributed by atoms with Crippen molar-refractivity contribution in [3.8, 4) is 11.5 Å². The van der Waals surface area contributed by atoms with Crippen LogP contribution in [-0.2, 0) is 19.6 Å². The van der Waals surface area contributed by atoms with Gasteiger partial charge in [-0.25, -0.2) is 8.42 Å². The summed E-state index contributed by atoms with van der Waals surface area (Å²) in [5.41, 5.74) is 4.73. The van der Waals surface area contributed by atoms with Gasteiger partial charge in [0.15, 0.2) is 11.5 Å². The van der Waals surface area contributed by atoms with Crippen LogP contribution in [0.2, 0.25) is 0 Å². The Balaban J connectivity index is 1.24. The first kappa shape index (κ1) is 23.4. The van der Waals surface area contributed by atoms with Gasteiger partial charge in [-0.05, 0) is 74.3 Å². The molecule has 6 rings (SSSR count). The lowest BCUT2D eigenvalue weighted by Crippen LogP contribution is -2.59. The highest BCUT2D eigenvalue weighted by molar-refractivity contribution is 7.89. The number of amides is 2. The molecule has 1 heterocycles. The maximum atomic E-state index is 13.1. The van der Waals surface area contributed by atoms with Gasteiger partial charge in [-0.15, -0.1) is 0 Å². The molecular weight excluding hydrogens is 458 g/mol. The van der Waals surface area contributed by atoms with Gasteiger partial charge in [0, 0.05) is 6.07 Å². The van der Waals surface area contributed by atoms with E-state index in [9.17, 15) is 18.0 Å². The summed E-state index contributed by atoms with van der Waals surface area (Å²) >= 11 is 0. The molecule has 2 amide bonds. The number of hydrogen-bond acceptors (Lipinski definition) is 6. The summed E-state index contributed by atoms with van der Waals surface area (Å²) in [6.45, 7) is 4.24. The van der Waals surface area contributed by atoms with Gasteiger partial charge < -0.3 is 9.47 Å². The number of hydrogen-bond donors (Lipinski definition) is 3. The van der Waals surface area contributed by atoms with E-state index in [1.54, 1.807) is 19.9 Å². The molecule has 3 N–H and O–H groups in total. The molecule has 5 aliphatic rings. The summed E-state index contributed by atoms with van der Waals surface area (Å²) in [7, 11) is -4.02. The Morgan fingerprint density at radius 3 is 2.12 bits per heavy atom. The fourth-order valence-corrected chi connectivity index (χ4v) is 7.99. The molecule has 0 saturated heterocycles. The highest BCUT2D eigenvalue weighted by Gasteiger charge is 2.54. The largest absolute Gasteiger partial charge is 0.486 e. The maximum absolute atomic E-state index is 13.1. The highest BCUT2D eigenvalue weighted by Crippen LogP contribution is 2.60. The van der Waals surface area contributed by atoms with E-state index in [0.29, 0.717) is 42.5 Å². The van der Waals surface area contributed by atoms with Crippen LogP contribution in [0.25, 0.3) is 0 Å². The second-order valence-corrected chi connectivity index (χ2v) is 12.5. The fourth-order valence-electron chi connectivity index (χ4n) is 6.64. The molecule has 1 aromatic carbocycles. The van der Waals surface area contributed by atoms with Crippen LogP contribution in [-0.4, -0.2) is 39.5 Å². The Kier molecular flexibility index (Phi) is 6.00. The standard InChI is InChI=1S/C24H33N3O6S/c1-14(2)21(27-34(30,31)18-3-4-19-20(10-18)33-6-5-32-19)22(28)25-26-23(29)24-11-15-7-16(12-24)9-17(8-15)13-24/h3-4,10,14-17,21,27H,5-9,11-13H2,1-2H3,(H,25,28)(H,26,29). The Morgan fingerprint density at radius 1 is 0.941 bits per heavy atom. The average Bonchev–Trinajstić information content (AvgIpc) is 2.79. The SMILES string of the molecule is CC(C)C(NS(=O)(=O)c1ccc2c(c1)OCCO2)C(=O)NNC(=O)C12CC3CC(CC(C3)C1)C2. The van der Waals surface area contributed by atoms with Crippen molar-refractivity contribution in [3.05, 3.63) is 18.2 Å². The maximum Gasteiger partial charge on any atom is 0.256 e. The zero-order chi connectivity index (χ0) is 24.1. The molecule has 9 nitrogen and oxygen atoms in total. The molecule has 4 bridgehead atoms. The van der Waals surface area contributed by atoms with Crippen LogP contribution >= 0.6 is 0 Å². The Labute approximate surface area is 200 Å². The van der Waals surface area contributed by atoms with E-state index in [1.165, 1.54) is 31.4 Å². The second-order valence-electron chi connectivity index (χ2n) is 10.8. The summed E-state index contributed by atoms with van der Waals surface area (Å²) in [4.78, 5) is 26.1. The van der Waals surface area contributed by atoms with Crippen molar-refractivity contribution < 1.29 is 27.5 Å². The van der Waals surface area contributed by atoms with Crippen molar-refractivity contribution in [2.75, 3.05) is 13.2 Å². The van der Waals surface area contributed by atoms with E-state index in [-0.39, 0.29) is 16.7 Å². The van der Waals surface area contributed by atoms with Crippen LogP contribution in [0.1, 0.15) is 52.4 Å². The van der Waals surface area contributed by atoms with Crippen LogP contribution in [0.4, 0.5) is 0 Å². The summed E-state index contributed by atoms with van der Waals surface area (Å²) < 4.78 is 39.5. The van der Waals surface area contributed by atoms with Gasteiger partial charge in [-0.2, -0.15) is 4.72 Å². The van der Waals surface area contributed by atoms with Crippen LogP contribution in [0.5, 0.6) is 11.5 Å². The topological polar surface area (TPSA) is 123 Å². The number of nitrogens with one attached hydrogen (secondary N) is 3. The Hall–Kier alpha value is -2.33. The van der Waals surface area contributed by atoms with Gasteiger partial charge >= 0.3 is 0 Å². The van der Waals surface area contributed by atoms with Crippen molar-refractivity contribution in [3.63, 3.8) is 0 Å². The zero-order valence-corrected chi connectivity index (χ0v) is 20.4. The molecule has 186 valence electrons. The van der Waals surface area contributed by atoms with Crippen LogP contribution in [0, 0.1) is 29.1 Å². The molecule has 0 aromatic heterocycles. The van der Waals surface area contributed by atoms with Crippen LogP contribution in [0.3, 0.4) is 0 Å². The van der Waals surface area contributed by atoms with Crippen molar-refractivity contribution >= 4 is 21.8 Å². The van der Waals surface area contributed by atoms with Gasteiger partial charge in [-0.1, -0.05) is 13.8 Å². The molecule has 1 aliphatic heterocycles. The number of sulfonamides is 1. The minimum absolute atomic E-state index is 0.0206. The molecule has 1 aromatic rings. The minimum Gasteiger partial charge on any atom is -0.486 e. The van der Waals surface area contributed by atoms with Gasteiger partial charge in [-0.3, -0.25) is 20.4 Å². The monoisotopic (exact) mass is 491 g/mol. The minimum atomic E-state index is -4.02. The number of benzene rings is 1. The lowest BCUT2D eigenvalue weighted by Gasteiger charge is -2.55. The van der Waals surface area contributed by atoms with E-state index < -0.39 is 27.4 Å². The smallest absolute Gasteiger partial charge is 0.256 e. The average molecular weight is 492 g/mol. The second kappa shape index (κ2) is 8.71. The summed E-state index contributed by atoms with van der Waals surface area (Å²) in [6.07, 6.45) is 6.29. The summed E-state index contributed by atoms with van der Waals surface area (Å²) in [5, 5.41) is 0. The lowest BCUT2D eigenvalue weighted by atomic mass is 9.49. The number of rotatable bonds is 6. The van der Waals surface area contributed by atoms with Gasteiger partial charge in [0.25, 0.3) is 5.91 Å². The molecular formula is C24H33N3O6S. The molecule has 1 atom stereocenters. The first-order valence-corrected chi connectivity index (χ1v) is 13.7. The highest BCUT2D eigenvalue weighted by atomic mass is 32.2. The molecule has 34 heavy (non-hydrogen) atoms. The van der Waals surface area contributed by atoms with Crippen molar-refractivity contribution in [1.29, 1.82) is 0 Å². The van der Waals surface area contributed by atoms with E-state index in [2.05, 4.69) is 15.6 Å². The summed E-state index contributed by atoms with van der Waals surface area (Å²) in [5.74, 6) is 1.57. The third-order valence-corrected chi connectivity index (χ3v) is 9.31. The molecule has 0 radical (unpaired) electrons. The predicted molar refractivity (Wildman–Crippen MR) is 123 cm³/mol. The van der Waals surface area contributed by atoms with Crippen molar-refractivity contribution in [1.82, 2.24) is 15.6 Å². The third kappa shape index (κ3) is 4.37. The zero-order valence-electron chi connectivity index (χ0n) is 19.6. The number of hydrazine groups is 1. The number of carbonyl (C=O) groups is 2. The molecule has 4 fully saturated rings. The third-order valence-electron chi connectivity index (χ3n) is 7.87. The normalized spacial score (nSPS) is 30.1. The lowest BCUT2D eigenvalue weighted by molar-refractivity contribution is -0.149. The van der Waals surface area contributed by atoms with E-state index in [0.717, 1.165) is 19.3 Å². The Bertz CT molecular complexity index is 1050. The van der Waals surface area contributed by atoms with Gasteiger partial charge in [0.2, 0.25) is 15.9 Å². The van der Waals surface area contributed by atoms with E-state index in [1.807, 2.05) is 0 Å². The van der Waals surface area contributed by atoms with Gasteiger partial charge in [0.1, 0.15) is 19.3 Å². The number of ether oxygens (including phenoxy) is 2. The Morgan fingerprint density at radius 2 is 1.53 bits per heavy atom. The number of fused-ring (bicyclic) bond motifs is 1.